The zero-order valence-corrected chi connectivity index (χ0v) is 14.2. The quantitative estimate of drug-likeness (QED) is 0.342. The highest BCUT2D eigenvalue weighted by atomic mass is 79.9. The Hall–Kier alpha value is -3.02. The summed E-state index contributed by atoms with van der Waals surface area (Å²) in [7, 11) is 0. The Labute approximate surface area is 153 Å². The lowest BCUT2D eigenvalue weighted by atomic mass is 9.77. The van der Waals surface area contributed by atoms with E-state index in [1.165, 1.54) is 18.3 Å². The molecule has 2 unspecified atom stereocenters. The number of carboxylic acid groups (broad SMARTS) is 4. The van der Waals surface area contributed by atoms with Gasteiger partial charge >= 0.3 is 23.9 Å². The van der Waals surface area contributed by atoms with Crippen LogP contribution in [0.1, 0.15) is 5.56 Å². The summed E-state index contributed by atoms with van der Waals surface area (Å²) in [5.41, 5.74) is -0.0701. The lowest BCUT2D eigenvalue weighted by molar-refractivity contribution is -0.169. The molecule has 0 fully saturated rings. The largest absolute Gasteiger partial charge is 0.481 e. The molecule has 1 aliphatic rings. The molecule has 1 aliphatic heterocycles. The van der Waals surface area contributed by atoms with Gasteiger partial charge in [-0.15, -0.1) is 0 Å². The zero-order chi connectivity index (χ0) is 19.6. The first kappa shape index (κ1) is 19.3. The van der Waals surface area contributed by atoms with Gasteiger partial charge in [0.05, 0.1) is 11.6 Å². The predicted octanol–water partition coefficient (Wildman–Crippen LogP) is 0.134. The molecule has 0 aliphatic carbocycles. The number of carbonyl (C=O) groups is 4. The second kappa shape index (κ2) is 7.47. The number of nitrogens with zero attached hydrogens (tertiary/aromatic N) is 2. The highest BCUT2D eigenvalue weighted by Gasteiger charge is 2.54. The summed E-state index contributed by atoms with van der Waals surface area (Å²) in [6.07, 6.45) is -0.455. The molecule has 4 N–H and O–H groups in total. The van der Waals surface area contributed by atoms with E-state index in [1.807, 2.05) is 0 Å². The summed E-state index contributed by atoms with van der Waals surface area (Å²) in [6, 6.07) is 2.88. The molecule has 0 radical (unpaired) electrons. The molecular formula is C14H11BrN2O9. The van der Waals surface area contributed by atoms with Crippen molar-refractivity contribution in [3.05, 3.63) is 28.5 Å². The molecule has 2 rings (SSSR count). The number of aliphatic carboxylic acids is 4. The number of hydrogen-bond acceptors (Lipinski definition) is 7. The van der Waals surface area contributed by atoms with Crippen LogP contribution in [0.25, 0.3) is 0 Å². The maximum Gasteiger partial charge on any atom is 0.321 e. The van der Waals surface area contributed by atoms with Gasteiger partial charge in [0.2, 0.25) is 0 Å². The van der Waals surface area contributed by atoms with Crippen molar-refractivity contribution in [1.82, 2.24) is 4.98 Å². The van der Waals surface area contributed by atoms with Gasteiger partial charge in [0.1, 0.15) is 4.60 Å². The molecule has 0 aromatic carbocycles. The highest BCUT2D eigenvalue weighted by molar-refractivity contribution is 9.10. The fraction of sp³-hybridized carbons (Fsp3) is 0.286. The molecule has 2 atom stereocenters. The summed E-state index contributed by atoms with van der Waals surface area (Å²) < 4.78 is 0.171. The van der Waals surface area contributed by atoms with Crippen LogP contribution in [0.5, 0.6) is 0 Å². The molecule has 0 saturated heterocycles. The molecule has 138 valence electrons. The van der Waals surface area contributed by atoms with Crippen LogP contribution in [0.3, 0.4) is 0 Å². The smallest absolute Gasteiger partial charge is 0.321 e. The van der Waals surface area contributed by atoms with E-state index < -0.39 is 47.7 Å². The molecule has 0 bridgehead atoms. The SMILES string of the molecule is O=C(O)C(C(=O)O)C1ON=C(c2cccnc2Br)C1C(C(=O)O)C(=O)O. The van der Waals surface area contributed by atoms with Gasteiger partial charge in [0.25, 0.3) is 0 Å². The van der Waals surface area contributed by atoms with Crippen molar-refractivity contribution >= 4 is 45.5 Å². The molecule has 0 amide bonds. The molecule has 1 aromatic heterocycles. The number of rotatable bonds is 7. The zero-order valence-electron chi connectivity index (χ0n) is 12.6. The van der Waals surface area contributed by atoms with Crippen molar-refractivity contribution in [3.8, 4) is 0 Å². The van der Waals surface area contributed by atoms with E-state index in [0.717, 1.165) is 0 Å². The minimum Gasteiger partial charge on any atom is -0.481 e. The van der Waals surface area contributed by atoms with Crippen LogP contribution in [0.2, 0.25) is 0 Å². The van der Waals surface area contributed by atoms with Crippen molar-refractivity contribution in [3.63, 3.8) is 0 Å². The van der Waals surface area contributed by atoms with Gasteiger partial charge in [0, 0.05) is 11.8 Å². The number of aromatic nitrogens is 1. The highest BCUT2D eigenvalue weighted by Crippen LogP contribution is 2.36. The Morgan fingerprint density at radius 1 is 1.00 bits per heavy atom. The Kier molecular flexibility index (Phi) is 5.55. The second-order valence-corrected chi connectivity index (χ2v) is 5.97. The fourth-order valence-electron chi connectivity index (χ4n) is 2.62. The van der Waals surface area contributed by atoms with Gasteiger partial charge in [0.15, 0.2) is 17.9 Å². The van der Waals surface area contributed by atoms with E-state index >= 15 is 0 Å². The van der Waals surface area contributed by atoms with Crippen molar-refractivity contribution < 1.29 is 44.4 Å². The van der Waals surface area contributed by atoms with Crippen LogP contribution in [0, 0.1) is 17.8 Å². The van der Waals surface area contributed by atoms with E-state index in [4.69, 9.17) is 15.1 Å². The van der Waals surface area contributed by atoms with Crippen LogP contribution in [-0.2, 0) is 24.0 Å². The fourth-order valence-corrected chi connectivity index (χ4v) is 3.07. The topological polar surface area (TPSA) is 184 Å². The van der Waals surface area contributed by atoms with Crippen LogP contribution in [0.4, 0.5) is 0 Å². The van der Waals surface area contributed by atoms with E-state index in [0.29, 0.717) is 0 Å². The van der Waals surface area contributed by atoms with E-state index in [2.05, 4.69) is 26.1 Å². The molecule has 12 heteroatoms. The molecule has 26 heavy (non-hydrogen) atoms. The summed E-state index contributed by atoms with van der Waals surface area (Å²) in [5.74, 6) is -13.3. The molecule has 0 spiro atoms. The van der Waals surface area contributed by atoms with Crippen molar-refractivity contribution in [2.24, 2.45) is 22.9 Å². The Morgan fingerprint density at radius 2 is 1.54 bits per heavy atom. The van der Waals surface area contributed by atoms with E-state index in [1.54, 1.807) is 0 Å². The summed E-state index contributed by atoms with van der Waals surface area (Å²) in [4.78, 5) is 54.4. The molecule has 2 heterocycles. The average Bonchev–Trinajstić information content (AvgIpc) is 2.90. The molecule has 11 nitrogen and oxygen atoms in total. The lowest BCUT2D eigenvalue weighted by Gasteiger charge is -2.24. The monoisotopic (exact) mass is 430 g/mol. The standard InChI is InChI=1S/C14H11BrN2O9/c15-10-4(2-1-3-16-10)8-5(6(11(18)19)12(20)21)9(26-17-8)7(13(22)23)14(24)25/h1-3,5-7,9H,(H,18,19)(H,20,21)(H,22,23)(H,24,25). The van der Waals surface area contributed by atoms with Crippen molar-refractivity contribution in [2.75, 3.05) is 0 Å². The Balaban J connectivity index is 2.61. The number of carboxylic acids is 4. The summed E-state index contributed by atoms with van der Waals surface area (Å²) in [5, 5.41) is 40.5. The summed E-state index contributed by atoms with van der Waals surface area (Å²) in [6.45, 7) is 0. The van der Waals surface area contributed by atoms with Gasteiger partial charge in [-0.1, -0.05) is 5.16 Å². The van der Waals surface area contributed by atoms with Gasteiger partial charge in [-0.25, -0.2) is 4.98 Å². The van der Waals surface area contributed by atoms with Gasteiger partial charge in [-0.2, -0.15) is 0 Å². The normalized spacial score (nSPS) is 19.1. The first-order valence-corrected chi connectivity index (χ1v) is 7.72. The average molecular weight is 431 g/mol. The minimum atomic E-state index is -2.22. The Morgan fingerprint density at radius 3 is 2.00 bits per heavy atom. The first-order chi connectivity index (χ1) is 12.2. The number of halogens is 1. The third-order valence-electron chi connectivity index (χ3n) is 3.73. The lowest BCUT2D eigenvalue weighted by Crippen LogP contribution is -2.47. The number of hydrogen-bond donors (Lipinski definition) is 4. The molecule has 0 saturated carbocycles. The predicted molar refractivity (Wildman–Crippen MR) is 84.4 cm³/mol. The van der Waals surface area contributed by atoms with Crippen molar-refractivity contribution in [1.29, 1.82) is 0 Å². The number of oxime groups is 1. The first-order valence-electron chi connectivity index (χ1n) is 6.92. The molecule has 1 aromatic rings. The van der Waals surface area contributed by atoms with Crippen LogP contribution >= 0.6 is 15.9 Å². The van der Waals surface area contributed by atoms with E-state index in [-0.39, 0.29) is 15.9 Å². The van der Waals surface area contributed by atoms with Gasteiger partial charge in [-0.05, 0) is 28.1 Å². The van der Waals surface area contributed by atoms with Gasteiger partial charge < -0.3 is 25.3 Å². The van der Waals surface area contributed by atoms with E-state index in [9.17, 15) is 29.4 Å². The van der Waals surface area contributed by atoms with Crippen LogP contribution < -0.4 is 0 Å². The van der Waals surface area contributed by atoms with Gasteiger partial charge in [-0.3, -0.25) is 19.2 Å². The maximum atomic E-state index is 11.5. The van der Waals surface area contributed by atoms with Crippen molar-refractivity contribution in [2.45, 2.75) is 6.10 Å². The number of pyridine rings is 1. The summed E-state index contributed by atoms with van der Waals surface area (Å²) >= 11 is 3.10. The van der Waals surface area contributed by atoms with Crippen LogP contribution in [-0.4, -0.2) is 61.1 Å². The second-order valence-electron chi connectivity index (χ2n) is 5.22. The van der Waals surface area contributed by atoms with Crippen LogP contribution in [0.15, 0.2) is 28.1 Å². The third kappa shape index (κ3) is 3.49. The third-order valence-corrected chi connectivity index (χ3v) is 4.36. The minimum absolute atomic E-state index is 0.155. The maximum absolute atomic E-state index is 11.5. The molecular weight excluding hydrogens is 420 g/mol. The Bertz CT molecular complexity index is 781.